The Morgan fingerprint density at radius 3 is 2.94 bits per heavy atom. The molecule has 2 heterocycles. The van der Waals surface area contributed by atoms with Crippen molar-refractivity contribution in [1.82, 2.24) is 15.2 Å². The van der Waals surface area contributed by atoms with E-state index in [4.69, 9.17) is 10.3 Å². The van der Waals surface area contributed by atoms with Crippen molar-refractivity contribution in [2.75, 3.05) is 0 Å². The van der Waals surface area contributed by atoms with Crippen molar-refractivity contribution >= 4 is 15.9 Å². The van der Waals surface area contributed by atoms with E-state index in [2.05, 4.69) is 26.5 Å². The molecule has 0 aromatic carbocycles. The van der Waals surface area contributed by atoms with Gasteiger partial charge in [0.15, 0.2) is 4.67 Å². The van der Waals surface area contributed by atoms with E-state index < -0.39 is 0 Å². The van der Waals surface area contributed by atoms with Gasteiger partial charge in [0.25, 0.3) is 0 Å². The smallest absolute Gasteiger partial charge is 0.169 e. The highest BCUT2D eigenvalue weighted by atomic mass is 79.9. The summed E-state index contributed by atoms with van der Waals surface area (Å²) in [6, 6.07) is 3.70. The normalized spacial score (nSPS) is 12.9. The minimum absolute atomic E-state index is 0.0458. The fourth-order valence-corrected chi connectivity index (χ4v) is 1.89. The van der Waals surface area contributed by atoms with Crippen LogP contribution in [0.15, 0.2) is 33.6 Å². The molecule has 0 radical (unpaired) electrons. The second kappa shape index (κ2) is 4.82. The molecule has 0 aliphatic rings. The van der Waals surface area contributed by atoms with E-state index in [1.165, 1.54) is 0 Å². The lowest BCUT2D eigenvalue weighted by Gasteiger charge is -2.11. The van der Waals surface area contributed by atoms with Crippen LogP contribution in [0.1, 0.15) is 17.4 Å². The topological polar surface area (TPSA) is 69.0 Å². The Kier molecular flexibility index (Phi) is 3.42. The Bertz CT molecular complexity index is 465. The van der Waals surface area contributed by atoms with Crippen LogP contribution in [0.2, 0.25) is 0 Å². The molecule has 0 fully saturated rings. The van der Waals surface area contributed by atoms with Gasteiger partial charge in [-0.25, -0.2) is 5.43 Å². The van der Waals surface area contributed by atoms with Crippen molar-refractivity contribution < 1.29 is 4.42 Å². The number of hydrazine groups is 1. The minimum Gasteiger partial charge on any atom is -0.453 e. The van der Waals surface area contributed by atoms with E-state index in [9.17, 15) is 0 Å². The Balaban J connectivity index is 2.12. The van der Waals surface area contributed by atoms with Crippen LogP contribution in [-0.4, -0.2) is 9.78 Å². The summed E-state index contributed by atoms with van der Waals surface area (Å²) in [5.41, 5.74) is 3.85. The summed E-state index contributed by atoms with van der Waals surface area (Å²) in [5.74, 6) is 6.32. The Hall–Kier alpha value is -1.11. The highest BCUT2D eigenvalue weighted by Gasteiger charge is 2.15. The Morgan fingerprint density at radius 1 is 1.62 bits per heavy atom. The molecule has 2 aromatic rings. The van der Waals surface area contributed by atoms with Gasteiger partial charge in [-0.15, -0.1) is 0 Å². The molecule has 5 nitrogen and oxygen atoms in total. The molecule has 1 unspecified atom stereocenters. The van der Waals surface area contributed by atoms with Crippen LogP contribution >= 0.6 is 15.9 Å². The summed E-state index contributed by atoms with van der Waals surface area (Å²) in [5, 5.41) is 4.11. The van der Waals surface area contributed by atoms with Gasteiger partial charge in [0.2, 0.25) is 0 Å². The fraction of sp³-hybridized carbons (Fsp3) is 0.300. The number of nitrogens with one attached hydrogen (secondary N) is 1. The summed E-state index contributed by atoms with van der Waals surface area (Å²) in [6.45, 7) is 0. The first-order valence-electron chi connectivity index (χ1n) is 4.88. The van der Waals surface area contributed by atoms with Gasteiger partial charge in [0, 0.05) is 13.2 Å². The molecule has 0 amide bonds. The molecule has 2 rings (SSSR count). The predicted molar refractivity (Wildman–Crippen MR) is 63.4 cm³/mol. The first-order valence-corrected chi connectivity index (χ1v) is 5.67. The van der Waals surface area contributed by atoms with E-state index in [0.717, 1.165) is 17.7 Å². The second-order valence-corrected chi connectivity index (χ2v) is 4.37. The zero-order valence-electron chi connectivity index (χ0n) is 8.85. The number of hydrogen-bond acceptors (Lipinski definition) is 4. The van der Waals surface area contributed by atoms with E-state index in [1.54, 1.807) is 4.68 Å². The molecule has 0 bridgehead atoms. The van der Waals surface area contributed by atoms with Gasteiger partial charge in [-0.05, 0) is 40.0 Å². The summed E-state index contributed by atoms with van der Waals surface area (Å²) in [4.78, 5) is 0. The van der Waals surface area contributed by atoms with E-state index >= 15 is 0 Å². The number of nitrogens with two attached hydrogens (primary N) is 1. The van der Waals surface area contributed by atoms with Crippen LogP contribution in [0.3, 0.4) is 0 Å². The zero-order valence-corrected chi connectivity index (χ0v) is 10.4. The molecule has 3 N–H and O–H groups in total. The molecule has 0 aliphatic carbocycles. The maximum Gasteiger partial charge on any atom is 0.169 e. The van der Waals surface area contributed by atoms with Crippen molar-refractivity contribution in [1.29, 1.82) is 0 Å². The van der Waals surface area contributed by atoms with Crippen LogP contribution in [0.4, 0.5) is 0 Å². The molecule has 86 valence electrons. The molecular weight excluding hydrogens is 272 g/mol. The molecule has 2 aromatic heterocycles. The molecule has 0 saturated carbocycles. The molecule has 16 heavy (non-hydrogen) atoms. The van der Waals surface area contributed by atoms with Crippen molar-refractivity contribution in [3.63, 3.8) is 0 Å². The third kappa shape index (κ3) is 2.52. The number of aromatic nitrogens is 2. The standard InChI is InChI=1S/C10H13BrN4O/c1-15-6-7(5-13-15)4-8(14-12)9-2-3-10(11)16-9/h2-3,5-6,8,14H,4,12H2,1H3. The molecule has 0 saturated heterocycles. The average Bonchev–Trinajstić information content (AvgIpc) is 2.84. The first-order chi connectivity index (χ1) is 7.69. The summed E-state index contributed by atoms with van der Waals surface area (Å²) in [7, 11) is 1.89. The van der Waals surface area contributed by atoms with Crippen LogP contribution in [0, 0.1) is 0 Å². The van der Waals surface area contributed by atoms with Crippen molar-refractivity contribution in [3.8, 4) is 0 Å². The van der Waals surface area contributed by atoms with Gasteiger partial charge in [-0.3, -0.25) is 10.5 Å². The molecular formula is C10H13BrN4O. The van der Waals surface area contributed by atoms with Crippen LogP contribution in [0.5, 0.6) is 0 Å². The largest absolute Gasteiger partial charge is 0.453 e. The van der Waals surface area contributed by atoms with Gasteiger partial charge in [0.1, 0.15) is 5.76 Å². The summed E-state index contributed by atoms with van der Waals surface area (Å²) < 4.78 is 7.93. The maximum absolute atomic E-state index is 5.52. The Labute approximate surface area is 102 Å². The predicted octanol–water partition coefficient (Wildman–Crippen LogP) is 1.52. The van der Waals surface area contributed by atoms with Gasteiger partial charge in [-0.1, -0.05) is 0 Å². The SMILES string of the molecule is Cn1cc(CC(NN)c2ccc(Br)o2)cn1. The Morgan fingerprint density at radius 2 is 2.44 bits per heavy atom. The number of furan rings is 1. The summed E-state index contributed by atoms with van der Waals surface area (Å²) in [6.07, 6.45) is 4.52. The minimum atomic E-state index is -0.0458. The van der Waals surface area contributed by atoms with Crippen molar-refractivity contribution in [2.24, 2.45) is 12.9 Å². The third-order valence-corrected chi connectivity index (χ3v) is 2.76. The number of halogens is 1. The van der Waals surface area contributed by atoms with Crippen LogP contribution in [-0.2, 0) is 13.5 Å². The number of nitrogens with zero attached hydrogens (tertiary/aromatic N) is 2. The highest BCUT2D eigenvalue weighted by molar-refractivity contribution is 9.10. The highest BCUT2D eigenvalue weighted by Crippen LogP contribution is 2.22. The maximum atomic E-state index is 5.52. The lowest BCUT2D eigenvalue weighted by molar-refractivity contribution is 0.404. The molecule has 1 atom stereocenters. The monoisotopic (exact) mass is 284 g/mol. The zero-order chi connectivity index (χ0) is 11.5. The lowest BCUT2D eigenvalue weighted by atomic mass is 10.1. The van der Waals surface area contributed by atoms with Gasteiger partial charge in [-0.2, -0.15) is 5.10 Å². The molecule has 0 aliphatic heterocycles. The third-order valence-electron chi connectivity index (χ3n) is 2.34. The number of aryl methyl sites for hydroxylation is 1. The average molecular weight is 285 g/mol. The van der Waals surface area contributed by atoms with E-state index in [-0.39, 0.29) is 6.04 Å². The van der Waals surface area contributed by atoms with Gasteiger partial charge >= 0.3 is 0 Å². The van der Waals surface area contributed by atoms with E-state index in [0.29, 0.717) is 4.67 Å². The van der Waals surface area contributed by atoms with Gasteiger partial charge in [0.05, 0.1) is 12.2 Å². The second-order valence-electron chi connectivity index (χ2n) is 3.59. The number of hydrogen-bond donors (Lipinski definition) is 2. The fourth-order valence-electron chi connectivity index (χ4n) is 1.57. The molecule has 0 spiro atoms. The lowest BCUT2D eigenvalue weighted by Crippen LogP contribution is -2.29. The van der Waals surface area contributed by atoms with E-state index in [1.807, 2.05) is 31.6 Å². The molecule has 6 heteroatoms. The van der Waals surface area contributed by atoms with Crippen LogP contribution < -0.4 is 11.3 Å². The quantitative estimate of drug-likeness (QED) is 0.660. The van der Waals surface area contributed by atoms with Crippen molar-refractivity contribution in [3.05, 3.63) is 40.5 Å². The number of rotatable bonds is 4. The van der Waals surface area contributed by atoms with Crippen molar-refractivity contribution in [2.45, 2.75) is 12.5 Å². The van der Waals surface area contributed by atoms with Crippen LogP contribution in [0.25, 0.3) is 0 Å². The first kappa shape index (κ1) is 11.4. The summed E-state index contributed by atoms with van der Waals surface area (Å²) >= 11 is 3.27. The van der Waals surface area contributed by atoms with Gasteiger partial charge < -0.3 is 4.42 Å².